The summed E-state index contributed by atoms with van der Waals surface area (Å²) in [6, 6.07) is 7.86. The zero-order valence-electron chi connectivity index (χ0n) is 8.96. The van der Waals surface area contributed by atoms with Crippen LogP contribution in [0.15, 0.2) is 24.3 Å². The molecule has 0 bridgehead atoms. The Kier molecular flexibility index (Phi) is 3.96. The number of nitrogens with two attached hydrogens (primary N) is 2. The molecule has 0 aliphatic carbocycles. The first-order valence-corrected chi connectivity index (χ1v) is 4.92. The number of rotatable bonds is 2. The van der Waals surface area contributed by atoms with Gasteiger partial charge in [0.15, 0.2) is 0 Å². The van der Waals surface area contributed by atoms with Crippen LogP contribution in [0, 0.1) is 12.3 Å². The third-order valence-electron chi connectivity index (χ3n) is 2.35. The molecule has 15 heavy (non-hydrogen) atoms. The molecule has 0 aromatic heterocycles. The van der Waals surface area contributed by atoms with Gasteiger partial charge in [0.25, 0.3) is 0 Å². The highest BCUT2D eigenvalue weighted by Gasteiger charge is 1.94. The van der Waals surface area contributed by atoms with Crippen LogP contribution < -0.4 is 21.9 Å². The molecule has 0 spiro atoms. The number of hydrogen-bond donors (Lipinski definition) is 2. The molecular formula is C13H16N2. The van der Waals surface area contributed by atoms with Crippen molar-refractivity contribution in [3.63, 3.8) is 0 Å². The van der Waals surface area contributed by atoms with Crippen molar-refractivity contribution in [2.45, 2.75) is 13.3 Å². The molecular weight excluding hydrogens is 184 g/mol. The van der Waals surface area contributed by atoms with Gasteiger partial charge >= 0.3 is 0 Å². The van der Waals surface area contributed by atoms with Crippen LogP contribution in [0.4, 0.5) is 0 Å². The van der Waals surface area contributed by atoms with E-state index in [0.29, 0.717) is 12.2 Å². The highest BCUT2D eigenvalue weighted by Crippen LogP contribution is 1.94. The molecule has 2 heteroatoms. The molecule has 0 saturated heterocycles. The van der Waals surface area contributed by atoms with Gasteiger partial charge in [0.05, 0.1) is 5.70 Å². The van der Waals surface area contributed by atoms with E-state index < -0.39 is 0 Å². The zero-order valence-corrected chi connectivity index (χ0v) is 8.96. The van der Waals surface area contributed by atoms with E-state index in [1.54, 1.807) is 0 Å². The highest BCUT2D eigenvalue weighted by atomic mass is 14.5. The second-order valence-electron chi connectivity index (χ2n) is 3.42. The smallest absolute Gasteiger partial charge is 0.0904 e. The number of hydrogen-bond acceptors (Lipinski definition) is 2. The van der Waals surface area contributed by atoms with Gasteiger partial charge < -0.3 is 11.5 Å². The molecule has 1 aromatic rings. The fraction of sp³-hybridized carbons (Fsp3) is 0.231. The van der Waals surface area contributed by atoms with Gasteiger partial charge in [0, 0.05) is 5.22 Å². The Bertz CT molecular complexity index is 492. The fourth-order valence-electron chi connectivity index (χ4n) is 1.52. The Balaban J connectivity index is 3.59. The summed E-state index contributed by atoms with van der Waals surface area (Å²) in [6.45, 7) is 2.69. The van der Waals surface area contributed by atoms with Crippen LogP contribution in [0.1, 0.15) is 13.3 Å². The Morgan fingerprint density at radius 2 is 1.93 bits per heavy atom. The van der Waals surface area contributed by atoms with E-state index in [0.717, 1.165) is 16.9 Å². The largest absolute Gasteiger partial charge is 0.391 e. The Hall–Kier alpha value is -1.72. The van der Waals surface area contributed by atoms with Crippen LogP contribution in [0.3, 0.4) is 0 Å². The predicted molar refractivity (Wildman–Crippen MR) is 64.9 cm³/mol. The maximum Gasteiger partial charge on any atom is 0.0904 e. The van der Waals surface area contributed by atoms with Crippen molar-refractivity contribution >= 4 is 11.3 Å². The van der Waals surface area contributed by atoms with Crippen LogP contribution in [-0.2, 0) is 0 Å². The lowest BCUT2D eigenvalue weighted by Crippen LogP contribution is -2.30. The van der Waals surface area contributed by atoms with E-state index in [4.69, 9.17) is 17.9 Å². The van der Waals surface area contributed by atoms with Crippen molar-refractivity contribution in [3.8, 4) is 12.3 Å². The molecule has 0 amide bonds. The molecule has 0 aliphatic heterocycles. The summed E-state index contributed by atoms with van der Waals surface area (Å²) in [5.41, 5.74) is 13.0. The average molecular weight is 200 g/mol. The third-order valence-corrected chi connectivity index (χ3v) is 2.35. The second-order valence-corrected chi connectivity index (χ2v) is 3.42. The SMILES string of the molecule is C#C/C(N)=c1/cccc/c1=C(/C)CCN. The molecule has 0 radical (unpaired) electrons. The predicted octanol–water partition coefficient (Wildman–Crippen LogP) is -0.0939. The highest BCUT2D eigenvalue weighted by molar-refractivity contribution is 5.60. The van der Waals surface area contributed by atoms with Gasteiger partial charge in [-0.3, -0.25) is 0 Å². The number of benzene rings is 1. The lowest BCUT2D eigenvalue weighted by molar-refractivity contribution is 1.01. The third kappa shape index (κ3) is 2.61. The summed E-state index contributed by atoms with van der Waals surface area (Å²) in [5.74, 6) is 2.47. The van der Waals surface area contributed by atoms with E-state index in [1.165, 1.54) is 5.57 Å². The Morgan fingerprint density at radius 1 is 1.33 bits per heavy atom. The second kappa shape index (κ2) is 5.23. The van der Waals surface area contributed by atoms with Gasteiger partial charge in [-0.25, -0.2) is 0 Å². The molecule has 0 fully saturated rings. The quantitative estimate of drug-likeness (QED) is 0.655. The molecule has 1 aromatic carbocycles. The fourth-order valence-corrected chi connectivity index (χ4v) is 1.52. The molecule has 78 valence electrons. The van der Waals surface area contributed by atoms with Crippen molar-refractivity contribution in [1.82, 2.24) is 0 Å². The van der Waals surface area contributed by atoms with Crippen molar-refractivity contribution < 1.29 is 0 Å². The average Bonchev–Trinajstić information content (AvgIpc) is 2.28. The van der Waals surface area contributed by atoms with Crippen LogP contribution in [-0.4, -0.2) is 6.54 Å². The molecule has 1 rings (SSSR count). The first kappa shape index (κ1) is 11.4. The standard InChI is InChI=1S/C13H16N2/c1-3-13(15)12-7-5-4-6-11(12)10(2)8-9-14/h1,4-7H,8-9,14-15H2,2H3/b11-10+,13-12+. The zero-order chi connectivity index (χ0) is 11.3. The summed E-state index contributed by atoms with van der Waals surface area (Å²) in [7, 11) is 0. The minimum Gasteiger partial charge on any atom is -0.391 e. The summed E-state index contributed by atoms with van der Waals surface area (Å²) in [6.07, 6.45) is 6.16. The van der Waals surface area contributed by atoms with Gasteiger partial charge in [-0.05, 0) is 25.1 Å². The van der Waals surface area contributed by atoms with Crippen LogP contribution >= 0.6 is 0 Å². The summed E-state index contributed by atoms with van der Waals surface area (Å²) >= 11 is 0. The van der Waals surface area contributed by atoms with Gasteiger partial charge in [0.2, 0.25) is 0 Å². The van der Waals surface area contributed by atoms with Crippen molar-refractivity contribution in [2.75, 3.05) is 6.54 Å². The van der Waals surface area contributed by atoms with E-state index in [1.807, 2.05) is 24.3 Å². The first-order chi connectivity index (χ1) is 7.20. The maximum atomic E-state index is 5.77. The molecule has 0 saturated carbocycles. The number of terminal acetylenes is 1. The topological polar surface area (TPSA) is 52.0 Å². The summed E-state index contributed by atoms with van der Waals surface area (Å²) in [4.78, 5) is 0. The van der Waals surface area contributed by atoms with E-state index in [2.05, 4.69) is 12.8 Å². The molecule has 0 unspecified atom stereocenters. The van der Waals surface area contributed by atoms with Crippen molar-refractivity contribution in [1.29, 1.82) is 0 Å². The van der Waals surface area contributed by atoms with Gasteiger partial charge in [0.1, 0.15) is 0 Å². The van der Waals surface area contributed by atoms with Crippen LogP contribution in [0.2, 0.25) is 0 Å². The monoisotopic (exact) mass is 200 g/mol. The van der Waals surface area contributed by atoms with Crippen LogP contribution in [0.5, 0.6) is 0 Å². The van der Waals surface area contributed by atoms with Crippen molar-refractivity contribution in [3.05, 3.63) is 34.7 Å². The van der Waals surface area contributed by atoms with Crippen LogP contribution in [0.25, 0.3) is 11.3 Å². The maximum absolute atomic E-state index is 5.77. The molecule has 0 heterocycles. The Morgan fingerprint density at radius 3 is 2.47 bits per heavy atom. The van der Waals surface area contributed by atoms with E-state index in [-0.39, 0.29) is 0 Å². The molecule has 4 N–H and O–H groups in total. The Labute approximate surface area is 90.3 Å². The van der Waals surface area contributed by atoms with Gasteiger partial charge in [-0.1, -0.05) is 35.8 Å². The van der Waals surface area contributed by atoms with E-state index >= 15 is 0 Å². The minimum atomic E-state index is 0.474. The lowest BCUT2D eigenvalue weighted by atomic mass is 10.1. The molecule has 0 aliphatic rings. The van der Waals surface area contributed by atoms with Gasteiger partial charge in [-0.15, -0.1) is 6.42 Å². The summed E-state index contributed by atoms with van der Waals surface area (Å²) < 4.78 is 0. The normalized spacial score (nSPS) is 14.2. The lowest BCUT2D eigenvalue weighted by Gasteiger charge is -2.00. The minimum absolute atomic E-state index is 0.474. The van der Waals surface area contributed by atoms with Gasteiger partial charge in [-0.2, -0.15) is 0 Å². The summed E-state index contributed by atoms with van der Waals surface area (Å²) in [5, 5.41) is 2.02. The molecule has 2 nitrogen and oxygen atoms in total. The molecule has 0 atom stereocenters. The van der Waals surface area contributed by atoms with Crippen molar-refractivity contribution in [2.24, 2.45) is 11.5 Å². The first-order valence-electron chi connectivity index (χ1n) is 4.92. The van der Waals surface area contributed by atoms with E-state index in [9.17, 15) is 0 Å².